The van der Waals surface area contributed by atoms with Gasteiger partial charge in [-0.1, -0.05) is 19.1 Å². The van der Waals surface area contributed by atoms with Crippen LogP contribution in [0.3, 0.4) is 0 Å². The molecule has 0 aromatic heterocycles. The lowest BCUT2D eigenvalue weighted by Crippen LogP contribution is -2.14. The fourth-order valence-corrected chi connectivity index (χ4v) is 2.78. The van der Waals surface area contributed by atoms with Crippen molar-refractivity contribution in [2.45, 2.75) is 33.1 Å². The summed E-state index contributed by atoms with van der Waals surface area (Å²) in [5.41, 5.74) is 6.22. The van der Waals surface area contributed by atoms with Gasteiger partial charge in [-0.05, 0) is 35.8 Å². The molecule has 0 radical (unpaired) electrons. The van der Waals surface area contributed by atoms with Crippen molar-refractivity contribution in [2.24, 2.45) is 0 Å². The molecule has 1 aromatic rings. The third kappa shape index (κ3) is 1.48. The van der Waals surface area contributed by atoms with Gasteiger partial charge in [0.2, 0.25) is 0 Å². The number of hydrogen-bond acceptors (Lipinski definition) is 2. The van der Waals surface area contributed by atoms with Gasteiger partial charge >= 0.3 is 0 Å². The van der Waals surface area contributed by atoms with Gasteiger partial charge < -0.3 is 0 Å². The monoisotopic (exact) mass is 202 g/mol. The zero-order valence-electron chi connectivity index (χ0n) is 9.58. The van der Waals surface area contributed by atoms with Crippen LogP contribution in [0.1, 0.15) is 29.2 Å². The Kier molecular flexibility index (Phi) is 2.08. The molecule has 2 heteroatoms. The third-order valence-corrected chi connectivity index (χ3v) is 3.64. The van der Waals surface area contributed by atoms with E-state index < -0.39 is 0 Å². The zero-order chi connectivity index (χ0) is 10.4. The van der Waals surface area contributed by atoms with Crippen LogP contribution in [-0.4, -0.2) is 23.4 Å². The van der Waals surface area contributed by atoms with Crippen molar-refractivity contribution in [1.29, 1.82) is 0 Å². The van der Waals surface area contributed by atoms with Crippen LogP contribution in [0.4, 0.5) is 0 Å². The second-order valence-electron chi connectivity index (χ2n) is 4.87. The van der Waals surface area contributed by atoms with Gasteiger partial charge in [-0.3, -0.25) is 9.80 Å². The molecule has 0 spiro atoms. The first-order valence-corrected chi connectivity index (χ1v) is 5.80. The van der Waals surface area contributed by atoms with E-state index in [1.54, 1.807) is 22.3 Å². The Balaban J connectivity index is 1.96. The van der Waals surface area contributed by atoms with Gasteiger partial charge in [-0.15, -0.1) is 0 Å². The summed E-state index contributed by atoms with van der Waals surface area (Å²) >= 11 is 0. The van der Waals surface area contributed by atoms with Crippen LogP contribution in [0, 0.1) is 0 Å². The number of nitrogens with zero attached hydrogens (tertiary/aromatic N) is 2. The number of rotatable bonds is 1. The first-order valence-electron chi connectivity index (χ1n) is 5.80. The first-order chi connectivity index (χ1) is 7.26. The van der Waals surface area contributed by atoms with Gasteiger partial charge in [0.05, 0.1) is 0 Å². The summed E-state index contributed by atoms with van der Waals surface area (Å²) in [7, 11) is 2.20. The lowest BCUT2D eigenvalue weighted by atomic mass is 10.0. The average molecular weight is 202 g/mol. The second-order valence-corrected chi connectivity index (χ2v) is 4.87. The summed E-state index contributed by atoms with van der Waals surface area (Å²) in [6, 6.07) is 4.87. The van der Waals surface area contributed by atoms with E-state index in [1.165, 1.54) is 6.54 Å². The third-order valence-electron chi connectivity index (χ3n) is 3.64. The van der Waals surface area contributed by atoms with Crippen molar-refractivity contribution in [3.63, 3.8) is 0 Å². The molecule has 0 unspecified atom stereocenters. The Morgan fingerprint density at radius 2 is 1.40 bits per heavy atom. The molecule has 0 amide bonds. The molecule has 2 aliphatic heterocycles. The Labute approximate surface area is 91.5 Å². The summed E-state index contributed by atoms with van der Waals surface area (Å²) in [4.78, 5) is 4.89. The van der Waals surface area contributed by atoms with Crippen LogP contribution in [0.5, 0.6) is 0 Å². The van der Waals surface area contributed by atoms with Crippen molar-refractivity contribution in [3.05, 3.63) is 34.4 Å². The molecule has 2 aliphatic rings. The molecular weight excluding hydrogens is 184 g/mol. The minimum atomic E-state index is 1.13. The molecule has 0 saturated heterocycles. The van der Waals surface area contributed by atoms with E-state index in [0.717, 1.165) is 26.2 Å². The van der Waals surface area contributed by atoms with Gasteiger partial charge in [0.25, 0.3) is 0 Å². The Bertz CT molecular complexity index is 363. The molecule has 15 heavy (non-hydrogen) atoms. The van der Waals surface area contributed by atoms with E-state index in [0.29, 0.717) is 0 Å². The predicted molar refractivity (Wildman–Crippen MR) is 61.4 cm³/mol. The van der Waals surface area contributed by atoms with Gasteiger partial charge in [0.1, 0.15) is 0 Å². The number of fused-ring (bicyclic) bond motifs is 2. The lowest BCUT2D eigenvalue weighted by Gasteiger charge is -2.09. The number of hydrogen-bond donors (Lipinski definition) is 0. The highest BCUT2D eigenvalue weighted by Crippen LogP contribution is 2.30. The molecule has 0 bridgehead atoms. The summed E-state index contributed by atoms with van der Waals surface area (Å²) in [5.74, 6) is 0. The fourth-order valence-electron chi connectivity index (χ4n) is 2.78. The van der Waals surface area contributed by atoms with Gasteiger partial charge in [0.15, 0.2) is 0 Å². The summed E-state index contributed by atoms with van der Waals surface area (Å²) in [6.07, 6.45) is 0. The Morgan fingerprint density at radius 3 is 1.87 bits per heavy atom. The predicted octanol–water partition coefficient (Wildman–Crippen LogP) is 1.97. The molecular formula is C13H18N2. The summed E-state index contributed by atoms with van der Waals surface area (Å²) < 4.78 is 0. The van der Waals surface area contributed by atoms with E-state index in [2.05, 4.69) is 35.9 Å². The van der Waals surface area contributed by atoms with Crippen molar-refractivity contribution >= 4 is 0 Å². The highest BCUT2D eigenvalue weighted by atomic mass is 15.1. The Hall–Kier alpha value is -0.860. The van der Waals surface area contributed by atoms with E-state index in [4.69, 9.17) is 0 Å². The quantitative estimate of drug-likeness (QED) is 0.687. The van der Waals surface area contributed by atoms with Gasteiger partial charge in [-0.2, -0.15) is 0 Å². The van der Waals surface area contributed by atoms with Crippen LogP contribution in [0.25, 0.3) is 0 Å². The molecule has 0 atom stereocenters. The first kappa shape index (κ1) is 9.37. The smallest absolute Gasteiger partial charge is 0.0240 e. The molecule has 0 fully saturated rings. The maximum atomic E-state index is 2.50. The van der Waals surface area contributed by atoms with E-state index in [1.807, 2.05) is 0 Å². The van der Waals surface area contributed by atoms with Crippen LogP contribution >= 0.6 is 0 Å². The molecule has 0 saturated carbocycles. The van der Waals surface area contributed by atoms with E-state index in [-0.39, 0.29) is 0 Å². The topological polar surface area (TPSA) is 6.48 Å². The minimum absolute atomic E-state index is 1.13. The van der Waals surface area contributed by atoms with Crippen molar-refractivity contribution in [1.82, 2.24) is 9.80 Å². The largest absolute Gasteiger partial charge is 0.298 e. The fraction of sp³-hybridized carbons (Fsp3) is 0.538. The van der Waals surface area contributed by atoms with Crippen molar-refractivity contribution < 1.29 is 0 Å². The van der Waals surface area contributed by atoms with Crippen molar-refractivity contribution in [3.8, 4) is 0 Å². The molecule has 0 aliphatic carbocycles. The normalized spacial score (nSPS) is 20.7. The van der Waals surface area contributed by atoms with Gasteiger partial charge in [0, 0.05) is 26.2 Å². The maximum absolute atomic E-state index is 2.50. The van der Waals surface area contributed by atoms with E-state index in [9.17, 15) is 0 Å². The molecule has 2 nitrogen and oxygen atoms in total. The Morgan fingerprint density at radius 1 is 0.933 bits per heavy atom. The molecule has 1 aromatic carbocycles. The zero-order valence-corrected chi connectivity index (χ0v) is 9.58. The van der Waals surface area contributed by atoms with Crippen LogP contribution < -0.4 is 0 Å². The molecule has 80 valence electrons. The van der Waals surface area contributed by atoms with E-state index >= 15 is 0 Å². The second kappa shape index (κ2) is 3.32. The summed E-state index contributed by atoms with van der Waals surface area (Å²) in [5, 5.41) is 0. The highest BCUT2D eigenvalue weighted by Gasteiger charge is 2.23. The van der Waals surface area contributed by atoms with Crippen LogP contribution in [-0.2, 0) is 26.2 Å². The minimum Gasteiger partial charge on any atom is -0.298 e. The van der Waals surface area contributed by atoms with Crippen LogP contribution in [0.2, 0.25) is 0 Å². The number of benzene rings is 1. The lowest BCUT2D eigenvalue weighted by molar-refractivity contribution is 0.300. The maximum Gasteiger partial charge on any atom is 0.0240 e. The van der Waals surface area contributed by atoms with Crippen molar-refractivity contribution in [2.75, 3.05) is 13.6 Å². The average Bonchev–Trinajstić information content (AvgIpc) is 2.74. The highest BCUT2D eigenvalue weighted by molar-refractivity contribution is 5.42. The molecule has 0 N–H and O–H groups in total. The van der Waals surface area contributed by atoms with Crippen LogP contribution in [0.15, 0.2) is 12.1 Å². The standard InChI is InChI=1S/C13H18N2/c1-3-15-8-12-4-10-6-14(2)7-11(10)5-13(12)9-15/h4-5H,3,6-9H2,1-2H3. The SMILES string of the molecule is CCN1Cc2cc3c(cc2C1)CN(C)C3. The summed E-state index contributed by atoms with van der Waals surface area (Å²) in [6.45, 7) is 7.99. The molecule has 3 rings (SSSR count). The molecule has 2 heterocycles. The van der Waals surface area contributed by atoms with Gasteiger partial charge in [-0.25, -0.2) is 0 Å².